The normalized spacial score (nSPS) is 22.1. The molecular weight excluding hydrogens is 276 g/mol. The first-order valence-electron chi connectivity index (χ1n) is 8.15. The van der Waals surface area contributed by atoms with Crippen LogP contribution in [0.2, 0.25) is 0 Å². The van der Waals surface area contributed by atoms with Gasteiger partial charge in [-0.3, -0.25) is 9.80 Å². The van der Waals surface area contributed by atoms with E-state index >= 15 is 0 Å². The molecule has 1 spiro atoms. The van der Waals surface area contributed by atoms with Gasteiger partial charge in [0.15, 0.2) is 0 Å². The molecule has 22 heavy (non-hydrogen) atoms. The summed E-state index contributed by atoms with van der Waals surface area (Å²) in [6.07, 6.45) is 1.71. The second-order valence-electron chi connectivity index (χ2n) is 7.57. The third kappa shape index (κ3) is 3.12. The van der Waals surface area contributed by atoms with Crippen molar-refractivity contribution in [1.82, 2.24) is 9.80 Å². The van der Waals surface area contributed by atoms with Crippen LogP contribution in [0.5, 0.6) is 0 Å². The number of carbonyl (C=O) groups is 1. The van der Waals surface area contributed by atoms with Crippen LogP contribution in [0.15, 0.2) is 30.3 Å². The molecule has 2 saturated heterocycles. The van der Waals surface area contributed by atoms with Crippen LogP contribution >= 0.6 is 0 Å². The van der Waals surface area contributed by atoms with E-state index in [-0.39, 0.29) is 17.2 Å². The Labute approximate surface area is 133 Å². The van der Waals surface area contributed by atoms with Gasteiger partial charge in [0.1, 0.15) is 5.60 Å². The molecule has 4 nitrogen and oxygen atoms in total. The average Bonchev–Trinajstić information content (AvgIpc) is 2.80. The van der Waals surface area contributed by atoms with Crippen LogP contribution in [0.3, 0.4) is 0 Å². The highest BCUT2D eigenvalue weighted by molar-refractivity contribution is 5.71. The van der Waals surface area contributed by atoms with Gasteiger partial charge in [-0.05, 0) is 26.3 Å². The lowest BCUT2D eigenvalue weighted by molar-refractivity contribution is -0.00145. The summed E-state index contributed by atoms with van der Waals surface area (Å²) < 4.78 is 5.79. The fourth-order valence-corrected chi connectivity index (χ4v) is 3.36. The maximum atomic E-state index is 12.2. The fraction of sp³-hybridized carbons (Fsp3) is 0.611. The minimum absolute atomic E-state index is 0.149. The van der Waals surface area contributed by atoms with Crippen molar-refractivity contribution in [2.75, 3.05) is 19.6 Å². The lowest BCUT2D eigenvalue weighted by Gasteiger charge is -2.38. The van der Waals surface area contributed by atoms with Crippen LogP contribution in [-0.4, -0.2) is 46.7 Å². The van der Waals surface area contributed by atoms with Crippen molar-refractivity contribution in [2.45, 2.75) is 51.3 Å². The van der Waals surface area contributed by atoms with E-state index in [1.165, 1.54) is 5.56 Å². The van der Waals surface area contributed by atoms with Gasteiger partial charge in [0, 0.05) is 38.0 Å². The number of amides is 1. The Hall–Kier alpha value is -1.55. The molecule has 0 radical (unpaired) electrons. The summed E-state index contributed by atoms with van der Waals surface area (Å²) in [5.41, 5.74) is 0.914. The van der Waals surface area contributed by atoms with Crippen molar-refractivity contribution in [3.8, 4) is 0 Å². The molecule has 2 fully saturated rings. The number of carbonyl (C=O) groups excluding carboxylic acids is 1. The zero-order valence-electron chi connectivity index (χ0n) is 13.8. The molecule has 0 bridgehead atoms. The molecule has 0 atom stereocenters. The molecule has 3 rings (SSSR count). The SMILES string of the molecule is CC(C)(C)N1CC2(CCN(Cc3ccccc3)CC2)OC1=O. The number of benzene rings is 1. The Morgan fingerprint density at radius 1 is 1.14 bits per heavy atom. The topological polar surface area (TPSA) is 32.8 Å². The predicted octanol–water partition coefficient (Wildman–Crippen LogP) is 3.27. The number of rotatable bonds is 2. The summed E-state index contributed by atoms with van der Waals surface area (Å²) in [6, 6.07) is 10.6. The highest BCUT2D eigenvalue weighted by Crippen LogP contribution is 2.36. The second kappa shape index (κ2) is 5.58. The minimum atomic E-state index is -0.266. The largest absolute Gasteiger partial charge is 0.441 e. The van der Waals surface area contributed by atoms with E-state index in [1.807, 2.05) is 11.0 Å². The molecule has 1 aromatic rings. The molecular formula is C18H26N2O2. The number of likely N-dealkylation sites (tertiary alicyclic amines) is 1. The Balaban J connectivity index is 1.59. The van der Waals surface area contributed by atoms with Crippen LogP contribution in [0.4, 0.5) is 4.79 Å². The molecule has 0 saturated carbocycles. The lowest BCUT2D eigenvalue weighted by Crippen LogP contribution is -2.48. The molecule has 2 aliphatic heterocycles. The van der Waals surface area contributed by atoms with Crippen LogP contribution in [0, 0.1) is 0 Å². The van der Waals surface area contributed by atoms with Gasteiger partial charge in [-0.1, -0.05) is 30.3 Å². The van der Waals surface area contributed by atoms with Crippen molar-refractivity contribution >= 4 is 6.09 Å². The summed E-state index contributed by atoms with van der Waals surface area (Å²) in [7, 11) is 0. The lowest BCUT2D eigenvalue weighted by atomic mass is 9.90. The van der Waals surface area contributed by atoms with Crippen molar-refractivity contribution < 1.29 is 9.53 Å². The Morgan fingerprint density at radius 3 is 2.32 bits per heavy atom. The fourth-order valence-electron chi connectivity index (χ4n) is 3.36. The van der Waals surface area contributed by atoms with E-state index in [1.54, 1.807) is 0 Å². The van der Waals surface area contributed by atoms with Crippen LogP contribution < -0.4 is 0 Å². The zero-order valence-corrected chi connectivity index (χ0v) is 13.8. The number of nitrogens with zero attached hydrogens (tertiary/aromatic N) is 2. The van der Waals surface area contributed by atoms with Gasteiger partial charge in [0.05, 0.1) is 6.54 Å². The van der Waals surface area contributed by atoms with Gasteiger partial charge in [-0.15, -0.1) is 0 Å². The molecule has 1 amide bonds. The van der Waals surface area contributed by atoms with E-state index in [4.69, 9.17) is 4.74 Å². The number of hydrogen-bond donors (Lipinski definition) is 0. The van der Waals surface area contributed by atoms with Crippen LogP contribution in [0.25, 0.3) is 0 Å². The summed E-state index contributed by atoms with van der Waals surface area (Å²) >= 11 is 0. The predicted molar refractivity (Wildman–Crippen MR) is 86.6 cm³/mol. The first kappa shape index (κ1) is 15.3. The van der Waals surface area contributed by atoms with Gasteiger partial charge < -0.3 is 4.74 Å². The summed E-state index contributed by atoms with van der Waals surface area (Å²) in [4.78, 5) is 16.5. The van der Waals surface area contributed by atoms with Gasteiger partial charge in [-0.2, -0.15) is 0 Å². The van der Waals surface area contributed by atoms with E-state index in [2.05, 4.69) is 49.9 Å². The number of piperidine rings is 1. The highest BCUT2D eigenvalue weighted by atomic mass is 16.6. The van der Waals surface area contributed by atoms with E-state index in [0.29, 0.717) is 0 Å². The quantitative estimate of drug-likeness (QED) is 0.840. The molecule has 1 aromatic carbocycles. The molecule has 4 heteroatoms. The Bertz CT molecular complexity index is 528. The smallest absolute Gasteiger partial charge is 0.410 e. The third-order valence-corrected chi connectivity index (χ3v) is 4.80. The molecule has 0 N–H and O–H groups in total. The van der Waals surface area contributed by atoms with Crippen LogP contribution in [0.1, 0.15) is 39.2 Å². The molecule has 0 aromatic heterocycles. The highest BCUT2D eigenvalue weighted by Gasteiger charge is 2.49. The van der Waals surface area contributed by atoms with Crippen molar-refractivity contribution in [3.05, 3.63) is 35.9 Å². The Morgan fingerprint density at radius 2 is 1.77 bits per heavy atom. The molecule has 0 aliphatic carbocycles. The van der Waals surface area contributed by atoms with Crippen molar-refractivity contribution in [1.29, 1.82) is 0 Å². The second-order valence-corrected chi connectivity index (χ2v) is 7.57. The van der Waals surface area contributed by atoms with Crippen molar-refractivity contribution in [3.63, 3.8) is 0 Å². The maximum Gasteiger partial charge on any atom is 0.410 e. The maximum absolute atomic E-state index is 12.2. The third-order valence-electron chi connectivity index (χ3n) is 4.80. The standard InChI is InChI=1S/C18H26N2O2/c1-17(2,3)20-14-18(22-16(20)21)9-11-19(12-10-18)13-15-7-5-4-6-8-15/h4-8H,9-14H2,1-3H3. The van der Waals surface area contributed by atoms with Gasteiger partial charge >= 0.3 is 6.09 Å². The molecule has 0 unspecified atom stereocenters. The number of hydrogen-bond acceptors (Lipinski definition) is 3. The van der Waals surface area contributed by atoms with E-state index < -0.39 is 0 Å². The van der Waals surface area contributed by atoms with Gasteiger partial charge in [0.25, 0.3) is 0 Å². The molecule has 2 heterocycles. The van der Waals surface area contributed by atoms with Gasteiger partial charge in [-0.25, -0.2) is 4.79 Å². The summed E-state index contributed by atoms with van der Waals surface area (Å²) in [6.45, 7) is 9.89. The van der Waals surface area contributed by atoms with Gasteiger partial charge in [0.2, 0.25) is 0 Å². The summed E-state index contributed by atoms with van der Waals surface area (Å²) in [5.74, 6) is 0. The van der Waals surface area contributed by atoms with E-state index in [9.17, 15) is 4.79 Å². The molecule has 120 valence electrons. The zero-order chi connectivity index (χ0) is 15.8. The monoisotopic (exact) mass is 302 g/mol. The first-order chi connectivity index (χ1) is 10.4. The van der Waals surface area contributed by atoms with Crippen LogP contribution in [-0.2, 0) is 11.3 Å². The minimum Gasteiger partial charge on any atom is -0.441 e. The van der Waals surface area contributed by atoms with E-state index in [0.717, 1.165) is 39.0 Å². The summed E-state index contributed by atoms with van der Waals surface area (Å²) in [5, 5.41) is 0. The average molecular weight is 302 g/mol. The van der Waals surface area contributed by atoms with Crippen molar-refractivity contribution in [2.24, 2.45) is 0 Å². The Kier molecular flexibility index (Phi) is 3.89. The first-order valence-corrected chi connectivity index (χ1v) is 8.15. The molecule has 2 aliphatic rings. The number of ether oxygens (including phenoxy) is 1.